The van der Waals surface area contributed by atoms with Crippen LogP contribution in [0.3, 0.4) is 0 Å². The highest BCUT2D eigenvalue weighted by Gasteiger charge is 2.13. The monoisotopic (exact) mass is 312 g/mol. The molecular weight excluding hydrogens is 300 g/mol. The Morgan fingerprint density at radius 1 is 1.18 bits per heavy atom. The average Bonchev–Trinajstić information content (AvgIpc) is 2.78. The van der Waals surface area contributed by atoms with Gasteiger partial charge in [0, 0.05) is 4.88 Å². The summed E-state index contributed by atoms with van der Waals surface area (Å²) in [6, 6.07) is 13.7. The molecule has 0 fully saturated rings. The first-order valence-electron chi connectivity index (χ1n) is 5.33. The smallest absolute Gasteiger partial charge is 0.119 e. The Kier molecular flexibility index (Phi) is 4.59. The van der Waals surface area contributed by atoms with Gasteiger partial charge in [-0.15, -0.1) is 11.3 Å². The van der Waals surface area contributed by atoms with Crippen molar-refractivity contribution in [2.24, 2.45) is 0 Å². The highest BCUT2D eigenvalue weighted by Crippen LogP contribution is 2.28. The molecule has 1 atom stereocenters. The molecule has 2 nitrogen and oxygen atoms in total. The second-order valence-electron chi connectivity index (χ2n) is 3.65. The molecule has 4 heteroatoms. The van der Waals surface area contributed by atoms with E-state index in [0.717, 1.165) is 14.4 Å². The summed E-state index contributed by atoms with van der Waals surface area (Å²) in [5.74, 6) is 0.869. The van der Waals surface area contributed by atoms with Crippen LogP contribution in [0.25, 0.3) is 0 Å². The van der Waals surface area contributed by atoms with E-state index in [-0.39, 0.29) is 12.5 Å². The van der Waals surface area contributed by atoms with Gasteiger partial charge in [0.05, 0.1) is 22.9 Å². The maximum atomic E-state index is 9.38. The number of aliphatic hydroxyl groups excluding tert-OH is 1. The fourth-order valence-corrected chi connectivity index (χ4v) is 2.99. The van der Waals surface area contributed by atoms with Crippen LogP contribution in [0.5, 0.6) is 5.75 Å². The molecule has 0 radical (unpaired) electrons. The highest BCUT2D eigenvalue weighted by atomic mass is 79.9. The van der Waals surface area contributed by atoms with Gasteiger partial charge in [0.1, 0.15) is 5.75 Å². The molecule has 1 unspecified atom stereocenters. The van der Waals surface area contributed by atoms with Crippen LogP contribution in [-0.4, -0.2) is 18.3 Å². The zero-order valence-corrected chi connectivity index (χ0v) is 11.6. The van der Waals surface area contributed by atoms with E-state index in [1.165, 1.54) is 0 Å². The van der Waals surface area contributed by atoms with Crippen molar-refractivity contribution in [3.8, 4) is 5.75 Å². The lowest BCUT2D eigenvalue weighted by atomic mass is 10.1. The molecule has 0 amide bonds. The van der Waals surface area contributed by atoms with Crippen LogP contribution in [-0.2, 0) is 0 Å². The van der Waals surface area contributed by atoms with Crippen molar-refractivity contribution in [3.63, 3.8) is 0 Å². The van der Waals surface area contributed by atoms with Gasteiger partial charge in [-0.3, -0.25) is 0 Å². The van der Waals surface area contributed by atoms with Gasteiger partial charge in [-0.25, -0.2) is 0 Å². The topological polar surface area (TPSA) is 29.5 Å². The number of hydrogen-bond donors (Lipinski definition) is 1. The van der Waals surface area contributed by atoms with Gasteiger partial charge in [0.2, 0.25) is 0 Å². The Balaban J connectivity index is 1.97. The summed E-state index contributed by atoms with van der Waals surface area (Å²) in [5, 5.41) is 9.38. The van der Waals surface area contributed by atoms with Crippen LogP contribution >= 0.6 is 27.3 Å². The van der Waals surface area contributed by atoms with Crippen molar-refractivity contribution in [3.05, 3.63) is 51.1 Å². The Labute approximate surface area is 113 Å². The molecule has 0 aliphatic heterocycles. The molecule has 0 aliphatic rings. The molecule has 0 bridgehead atoms. The summed E-state index contributed by atoms with van der Waals surface area (Å²) < 4.78 is 6.73. The lowest BCUT2D eigenvalue weighted by molar-refractivity contribution is 0.207. The predicted molar refractivity (Wildman–Crippen MR) is 73.8 cm³/mol. The first-order valence-corrected chi connectivity index (χ1v) is 6.94. The molecule has 0 saturated carbocycles. The van der Waals surface area contributed by atoms with Crippen LogP contribution < -0.4 is 4.74 Å². The van der Waals surface area contributed by atoms with Gasteiger partial charge in [0.15, 0.2) is 0 Å². The van der Waals surface area contributed by atoms with Crippen LogP contribution in [0, 0.1) is 0 Å². The first-order chi connectivity index (χ1) is 8.29. The van der Waals surface area contributed by atoms with E-state index >= 15 is 0 Å². The summed E-state index contributed by atoms with van der Waals surface area (Å²) >= 11 is 5.05. The van der Waals surface area contributed by atoms with E-state index in [9.17, 15) is 5.11 Å². The Hall–Kier alpha value is -0.840. The molecule has 17 heavy (non-hydrogen) atoms. The molecule has 0 aliphatic carbocycles. The molecular formula is C13H13BrO2S. The molecule has 0 spiro atoms. The van der Waals surface area contributed by atoms with Crippen molar-refractivity contribution in [2.45, 2.75) is 5.92 Å². The summed E-state index contributed by atoms with van der Waals surface area (Å²) in [6.07, 6.45) is 0. The maximum Gasteiger partial charge on any atom is 0.119 e. The number of hydrogen-bond acceptors (Lipinski definition) is 3. The van der Waals surface area contributed by atoms with Crippen LogP contribution in [0.15, 0.2) is 46.3 Å². The van der Waals surface area contributed by atoms with Crippen molar-refractivity contribution in [2.75, 3.05) is 13.2 Å². The third-order valence-electron chi connectivity index (χ3n) is 2.41. The number of ether oxygens (including phenoxy) is 1. The Morgan fingerprint density at radius 3 is 2.53 bits per heavy atom. The van der Waals surface area contributed by atoms with Gasteiger partial charge in [-0.1, -0.05) is 18.2 Å². The van der Waals surface area contributed by atoms with Gasteiger partial charge in [-0.2, -0.15) is 0 Å². The number of aliphatic hydroxyl groups is 1. The SMILES string of the molecule is OCC(COc1ccccc1)c1ccc(Br)s1. The van der Waals surface area contributed by atoms with E-state index in [0.29, 0.717) is 6.61 Å². The lowest BCUT2D eigenvalue weighted by Gasteiger charge is -2.13. The van der Waals surface area contributed by atoms with Crippen molar-refractivity contribution < 1.29 is 9.84 Å². The first kappa shape index (κ1) is 12.6. The Morgan fingerprint density at radius 2 is 1.94 bits per heavy atom. The summed E-state index contributed by atoms with van der Waals surface area (Å²) in [6.45, 7) is 0.591. The quantitative estimate of drug-likeness (QED) is 0.913. The summed E-state index contributed by atoms with van der Waals surface area (Å²) in [4.78, 5) is 1.13. The number of benzene rings is 1. The largest absolute Gasteiger partial charge is 0.493 e. The van der Waals surface area contributed by atoms with E-state index in [1.54, 1.807) is 11.3 Å². The van der Waals surface area contributed by atoms with Gasteiger partial charge in [0.25, 0.3) is 0 Å². The van der Waals surface area contributed by atoms with Gasteiger partial charge >= 0.3 is 0 Å². The van der Waals surface area contributed by atoms with E-state index < -0.39 is 0 Å². The van der Waals surface area contributed by atoms with Gasteiger partial charge < -0.3 is 9.84 Å². The van der Waals surface area contributed by atoms with Crippen molar-refractivity contribution >= 4 is 27.3 Å². The standard InChI is InChI=1S/C13H13BrO2S/c14-13-7-6-12(17-13)10(8-15)9-16-11-4-2-1-3-5-11/h1-7,10,15H,8-9H2. The second-order valence-corrected chi connectivity index (χ2v) is 6.14. The van der Waals surface area contributed by atoms with Crippen molar-refractivity contribution in [1.29, 1.82) is 0 Å². The minimum absolute atomic E-state index is 0.0338. The molecule has 90 valence electrons. The number of rotatable bonds is 5. The normalized spacial score (nSPS) is 12.4. The third kappa shape index (κ3) is 3.56. The number of thiophene rings is 1. The van der Waals surface area contributed by atoms with E-state index in [2.05, 4.69) is 15.9 Å². The molecule has 0 saturated heterocycles. The minimum Gasteiger partial charge on any atom is -0.493 e. The fourth-order valence-electron chi connectivity index (χ4n) is 1.49. The van der Waals surface area contributed by atoms with Crippen LogP contribution in [0.4, 0.5) is 0 Å². The number of para-hydroxylation sites is 1. The van der Waals surface area contributed by atoms with E-state index in [4.69, 9.17) is 4.74 Å². The molecule has 2 aromatic rings. The molecule has 1 aromatic heterocycles. The molecule has 1 heterocycles. The molecule has 2 rings (SSSR count). The zero-order valence-electron chi connectivity index (χ0n) is 9.17. The molecule has 1 N–H and O–H groups in total. The Bertz CT molecular complexity index is 455. The average molecular weight is 313 g/mol. The maximum absolute atomic E-state index is 9.38. The minimum atomic E-state index is 0.0338. The molecule has 1 aromatic carbocycles. The highest BCUT2D eigenvalue weighted by molar-refractivity contribution is 9.11. The lowest BCUT2D eigenvalue weighted by Crippen LogP contribution is -2.12. The summed E-state index contributed by atoms with van der Waals surface area (Å²) in [7, 11) is 0. The second kappa shape index (κ2) is 6.19. The zero-order chi connectivity index (χ0) is 12.1. The summed E-state index contributed by atoms with van der Waals surface area (Å²) in [5.41, 5.74) is 0. The van der Waals surface area contributed by atoms with Crippen LogP contribution in [0.2, 0.25) is 0 Å². The van der Waals surface area contributed by atoms with Crippen molar-refractivity contribution in [1.82, 2.24) is 0 Å². The third-order valence-corrected chi connectivity index (χ3v) is 4.20. The van der Waals surface area contributed by atoms with Crippen LogP contribution in [0.1, 0.15) is 10.8 Å². The van der Waals surface area contributed by atoms with Gasteiger partial charge in [-0.05, 0) is 40.2 Å². The predicted octanol–water partition coefficient (Wildman–Crippen LogP) is 3.67. The van der Waals surface area contributed by atoms with E-state index in [1.807, 2.05) is 42.5 Å². The number of halogens is 1. The fraction of sp³-hybridized carbons (Fsp3) is 0.231.